The summed E-state index contributed by atoms with van der Waals surface area (Å²) < 4.78 is 6.92. The molecule has 0 radical (unpaired) electrons. The predicted molar refractivity (Wildman–Crippen MR) is 96.0 cm³/mol. The van der Waals surface area contributed by atoms with E-state index in [9.17, 15) is 15.0 Å². The number of aromatic hydroxyl groups is 2. The minimum absolute atomic E-state index is 0.0229. The minimum Gasteiger partial charge on any atom is -0.508 e. The topological polar surface area (TPSA) is 70.7 Å². The van der Waals surface area contributed by atoms with Gasteiger partial charge in [-0.3, -0.25) is 4.79 Å². The Kier molecular flexibility index (Phi) is 4.21. The lowest BCUT2D eigenvalue weighted by atomic mass is 10.0. The van der Waals surface area contributed by atoms with E-state index in [0.717, 1.165) is 0 Å². The summed E-state index contributed by atoms with van der Waals surface area (Å²) in [6.45, 7) is 1.87. The number of hydrogen-bond donors (Lipinski definition) is 2. The highest BCUT2D eigenvalue weighted by atomic mass is 79.9. The first-order chi connectivity index (χ1) is 10.9. The standard InChI is InChI=1S/C17H12Br2O4/c1-2-10-15(21)11-7-9(20)3-4-14(11)23-17(10)8-5-12(18)16(22)13(19)6-8/h3-7,20,22H,2H2,1H3. The Balaban J connectivity index is 2.38. The molecule has 23 heavy (non-hydrogen) atoms. The fourth-order valence-electron chi connectivity index (χ4n) is 2.47. The molecule has 0 aliphatic carbocycles. The lowest BCUT2D eigenvalue weighted by Crippen LogP contribution is -2.10. The third-order valence-electron chi connectivity index (χ3n) is 3.60. The smallest absolute Gasteiger partial charge is 0.196 e. The van der Waals surface area contributed by atoms with Gasteiger partial charge in [0.2, 0.25) is 0 Å². The largest absolute Gasteiger partial charge is 0.508 e. The molecule has 3 rings (SSSR count). The Morgan fingerprint density at radius 2 is 1.74 bits per heavy atom. The van der Waals surface area contributed by atoms with Gasteiger partial charge in [0, 0.05) is 11.1 Å². The van der Waals surface area contributed by atoms with Crippen molar-refractivity contribution in [2.45, 2.75) is 13.3 Å². The molecule has 1 heterocycles. The maximum atomic E-state index is 12.7. The molecule has 0 bridgehead atoms. The van der Waals surface area contributed by atoms with Crippen molar-refractivity contribution < 1.29 is 14.6 Å². The fourth-order valence-corrected chi connectivity index (χ4v) is 3.66. The summed E-state index contributed by atoms with van der Waals surface area (Å²) in [5.41, 5.74) is 1.43. The molecule has 0 amide bonds. The van der Waals surface area contributed by atoms with Crippen molar-refractivity contribution in [3.05, 3.63) is 55.1 Å². The highest BCUT2D eigenvalue weighted by Crippen LogP contribution is 2.38. The Hall–Kier alpha value is -1.79. The van der Waals surface area contributed by atoms with Crippen LogP contribution in [-0.2, 0) is 6.42 Å². The van der Waals surface area contributed by atoms with Gasteiger partial charge in [0.15, 0.2) is 5.43 Å². The first-order valence-corrected chi connectivity index (χ1v) is 8.48. The van der Waals surface area contributed by atoms with Crippen LogP contribution in [0.5, 0.6) is 11.5 Å². The van der Waals surface area contributed by atoms with Crippen molar-refractivity contribution in [3.63, 3.8) is 0 Å². The van der Waals surface area contributed by atoms with Crippen molar-refractivity contribution in [1.29, 1.82) is 0 Å². The van der Waals surface area contributed by atoms with Crippen LogP contribution in [0.3, 0.4) is 0 Å². The van der Waals surface area contributed by atoms with Gasteiger partial charge in [-0.2, -0.15) is 0 Å². The molecule has 4 nitrogen and oxygen atoms in total. The summed E-state index contributed by atoms with van der Waals surface area (Å²) in [4.78, 5) is 12.7. The zero-order valence-electron chi connectivity index (χ0n) is 12.1. The van der Waals surface area contributed by atoms with Crippen LogP contribution in [0.2, 0.25) is 0 Å². The summed E-state index contributed by atoms with van der Waals surface area (Å²) in [5.74, 6) is 0.562. The molecule has 0 aliphatic heterocycles. The van der Waals surface area contributed by atoms with Crippen LogP contribution in [-0.4, -0.2) is 10.2 Å². The van der Waals surface area contributed by atoms with Gasteiger partial charge in [0.25, 0.3) is 0 Å². The third-order valence-corrected chi connectivity index (χ3v) is 4.81. The molecule has 0 atom stereocenters. The maximum Gasteiger partial charge on any atom is 0.196 e. The molecule has 3 aromatic rings. The number of rotatable bonds is 2. The number of phenols is 2. The number of halogens is 2. The minimum atomic E-state index is -0.167. The van der Waals surface area contributed by atoms with Crippen LogP contribution in [0.4, 0.5) is 0 Å². The van der Waals surface area contributed by atoms with Crippen molar-refractivity contribution in [2.75, 3.05) is 0 Å². The van der Waals surface area contributed by atoms with E-state index in [1.165, 1.54) is 12.1 Å². The van der Waals surface area contributed by atoms with Crippen LogP contribution in [0, 0.1) is 0 Å². The lowest BCUT2D eigenvalue weighted by molar-refractivity contribution is 0.468. The molecule has 0 spiro atoms. The van der Waals surface area contributed by atoms with E-state index in [0.29, 0.717) is 43.2 Å². The Morgan fingerprint density at radius 3 is 2.35 bits per heavy atom. The number of benzene rings is 2. The second-order valence-corrected chi connectivity index (χ2v) is 6.77. The van der Waals surface area contributed by atoms with E-state index in [1.54, 1.807) is 18.2 Å². The molecule has 0 saturated carbocycles. The Morgan fingerprint density at radius 1 is 1.09 bits per heavy atom. The van der Waals surface area contributed by atoms with E-state index < -0.39 is 0 Å². The number of hydrogen-bond acceptors (Lipinski definition) is 4. The van der Waals surface area contributed by atoms with E-state index >= 15 is 0 Å². The first-order valence-electron chi connectivity index (χ1n) is 6.89. The zero-order chi connectivity index (χ0) is 16.7. The van der Waals surface area contributed by atoms with Gasteiger partial charge in [0.05, 0.1) is 14.3 Å². The molecule has 0 aliphatic rings. The van der Waals surface area contributed by atoms with E-state index in [4.69, 9.17) is 4.42 Å². The van der Waals surface area contributed by atoms with Gasteiger partial charge < -0.3 is 14.6 Å². The molecule has 0 unspecified atom stereocenters. The van der Waals surface area contributed by atoms with Gasteiger partial charge in [-0.1, -0.05) is 6.92 Å². The van der Waals surface area contributed by atoms with Gasteiger partial charge in [-0.25, -0.2) is 0 Å². The van der Waals surface area contributed by atoms with Crippen LogP contribution in [0.25, 0.3) is 22.3 Å². The van der Waals surface area contributed by atoms with Crippen LogP contribution in [0.15, 0.2) is 48.5 Å². The van der Waals surface area contributed by atoms with Gasteiger partial charge in [0.1, 0.15) is 22.8 Å². The average Bonchev–Trinajstić information content (AvgIpc) is 2.52. The van der Waals surface area contributed by atoms with Crippen molar-refractivity contribution >= 4 is 42.8 Å². The molecule has 0 saturated heterocycles. The Labute approximate surface area is 148 Å². The monoisotopic (exact) mass is 438 g/mol. The first kappa shape index (κ1) is 16.1. The molecule has 6 heteroatoms. The number of fused-ring (bicyclic) bond motifs is 1. The SMILES string of the molecule is CCc1c(-c2cc(Br)c(O)c(Br)c2)oc2ccc(O)cc2c1=O. The highest BCUT2D eigenvalue weighted by Gasteiger charge is 2.17. The summed E-state index contributed by atoms with van der Waals surface area (Å²) in [5, 5.41) is 19.8. The van der Waals surface area contributed by atoms with Crippen LogP contribution >= 0.6 is 31.9 Å². The summed E-state index contributed by atoms with van der Waals surface area (Å²) >= 11 is 6.57. The van der Waals surface area contributed by atoms with Crippen molar-refractivity contribution in [1.82, 2.24) is 0 Å². The van der Waals surface area contributed by atoms with Crippen molar-refractivity contribution in [2.24, 2.45) is 0 Å². The molecule has 118 valence electrons. The number of phenolic OH excluding ortho intramolecular Hbond substituents is 2. The van der Waals surface area contributed by atoms with E-state index in [-0.39, 0.29) is 16.9 Å². The third kappa shape index (κ3) is 2.77. The predicted octanol–water partition coefficient (Wildman–Crippen LogP) is 4.96. The summed E-state index contributed by atoms with van der Waals surface area (Å²) in [6, 6.07) is 7.85. The molecule has 1 aromatic heterocycles. The van der Waals surface area contributed by atoms with Crippen molar-refractivity contribution in [3.8, 4) is 22.8 Å². The van der Waals surface area contributed by atoms with E-state index in [2.05, 4.69) is 31.9 Å². The van der Waals surface area contributed by atoms with Gasteiger partial charge in [-0.15, -0.1) is 0 Å². The average molecular weight is 440 g/mol. The van der Waals surface area contributed by atoms with Crippen LogP contribution in [0.1, 0.15) is 12.5 Å². The molecule has 2 N–H and O–H groups in total. The summed E-state index contributed by atoms with van der Waals surface area (Å²) in [7, 11) is 0. The Bertz CT molecular complexity index is 953. The quantitative estimate of drug-likeness (QED) is 0.592. The maximum absolute atomic E-state index is 12.7. The van der Waals surface area contributed by atoms with Gasteiger partial charge >= 0.3 is 0 Å². The normalized spacial score (nSPS) is 11.1. The second kappa shape index (κ2) is 6.02. The second-order valence-electron chi connectivity index (χ2n) is 5.06. The molecular weight excluding hydrogens is 428 g/mol. The molecular formula is C17H12Br2O4. The lowest BCUT2D eigenvalue weighted by Gasteiger charge is -2.11. The van der Waals surface area contributed by atoms with E-state index in [1.807, 2.05) is 6.92 Å². The molecule has 0 fully saturated rings. The van der Waals surface area contributed by atoms with Gasteiger partial charge in [-0.05, 0) is 68.6 Å². The highest BCUT2D eigenvalue weighted by molar-refractivity contribution is 9.11. The van der Waals surface area contributed by atoms with Crippen LogP contribution < -0.4 is 5.43 Å². The summed E-state index contributed by atoms with van der Waals surface area (Å²) in [6.07, 6.45) is 0.485. The molecule has 2 aromatic carbocycles. The fraction of sp³-hybridized carbons (Fsp3) is 0.118. The zero-order valence-corrected chi connectivity index (χ0v) is 15.2.